The van der Waals surface area contributed by atoms with E-state index < -0.39 is 10.0 Å². The van der Waals surface area contributed by atoms with Gasteiger partial charge in [-0.25, -0.2) is 8.42 Å². The fourth-order valence-corrected chi connectivity index (χ4v) is 3.60. The Labute approximate surface area is 121 Å². The molecule has 2 N–H and O–H groups in total. The Kier molecular flexibility index (Phi) is 4.48. The summed E-state index contributed by atoms with van der Waals surface area (Å²) in [6, 6.07) is 5.07. The summed E-state index contributed by atoms with van der Waals surface area (Å²) < 4.78 is 26.7. The van der Waals surface area contributed by atoms with E-state index in [9.17, 15) is 8.42 Å². The molecular weight excluding hydrogens is 272 g/mol. The van der Waals surface area contributed by atoms with Crippen molar-refractivity contribution in [2.75, 3.05) is 13.1 Å². The molecule has 1 aromatic rings. The van der Waals surface area contributed by atoms with Crippen LogP contribution in [0.5, 0.6) is 0 Å². The molecule has 0 radical (unpaired) electrons. The Balaban J connectivity index is 2.33. The Morgan fingerprint density at radius 2 is 2.15 bits per heavy atom. The van der Waals surface area contributed by atoms with Crippen molar-refractivity contribution < 1.29 is 8.42 Å². The number of hydrogen-bond donors (Lipinski definition) is 1. The number of aryl methyl sites for hydroxylation is 1. The van der Waals surface area contributed by atoms with Gasteiger partial charge in [-0.15, -0.1) is 6.42 Å². The first kappa shape index (κ1) is 15.0. The molecule has 0 heterocycles. The number of terminal acetylenes is 1. The van der Waals surface area contributed by atoms with Crippen molar-refractivity contribution in [3.8, 4) is 12.3 Å². The average molecular weight is 292 g/mol. The van der Waals surface area contributed by atoms with Gasteiger partial charge < -0.3 is 5.73 Å². The Bertz CT molecular complexity index is 628. The van der Waals surface area contributed by atoms with Crippen LogP contribution in [0.2, 0.25) is 0 Å². The SMILES string of the molecule is C#CCN(CC1CC1)S(=O)(=O)c1ccc(C)c(CN)c1. The molecule has 0 amide bonds. The first-order chi connectivity index (χ1) is 9.48. The van der Waals surface area contributed by atoms with Crippen molar-refractivity contribution in [1.29, 1.82) is 0 Å². The van der Waals surface area contributed by atoms with E-state index in [0.29, 0.717) is 19.0 Å². The molecule has 4 nitrogen and oxygen atoms in total. The van der Waals surface area contributed by atoms with E-state index in [2.05, 4.69) is 5.92 Å². The minimum atomic E-state index is -3.53. The summed E-state index contributed by atoms with van der Waals surface area (Å²) in [5.74, 6) is 2.89. The Morgan fingerprint density at radius 1 is 1.45 bits per heavy atom. The van der Waals surface area contributed by atoms with Gasteiger partial charge in [0.05, 0.1) is 11.4 Å². The maximum absolute atomic E-state index is 12.7. The van der Waals surface area contributed by atoms with Crippen LogP contribution in [0.1, 0.15) is 24.0 Å². The van der Waals surface area contributed by atoms with Crippen LogP contribution in [-0.2, 0) is 16.6 Å². The lowest BCUT2D eigenvalue weighted by molar-refractivity contribution is 0.430. The number of rotatable bonds is 6. The van der Waals surface area contributed by atoms with Gasteiger partial charge in [0.1, 0.15) is 0 Å². The molecule has 0 atom stereocenters. The molecule has 0 aliphatic heterocycles. The van der Waals surface area contributed by atoms with E-state index in [1.165, 1.54) is 4.31 Å². The number of benzene rings is 1. The maximum atomic E-state index is 12.7. The maximum Gasteiger partial charge on any atom is 0.243 e. The molecular formula is C15H20N2O2S. The van der Waals surface area contributed by atoms with E-state index in [0.717, 1.165) is 24.0 Å². The first-order valence-corrected chi connectivity index (χ1v) is 8.16. The molecule has 0 aromatic heterocycles. The van der Waals surface area contributed by atoms with Crippen LogP contribution in [-0.4, -0.2) is 25.8 Å². The lowest BCUT2D eigenvalue weighted by atomic mass is 10.1. The van der Waals surface area contributed by atoms with Crippen molar-refractivity contribution in [2.45, 2.75) is 31.2 Å². The zero-order valence-corrected chi connectivity index (χ0v) is 12.5. The van der Waals surface area contributed by atoms with Gasteiger partial charge in [-0.3, -0.25) is 0 Å². The van der Waals surface area contributed by atoms with Gasteiger partial charge in [-0.1, -0.05) is 12.0 Å². The van der Waals surface area contributed by atoms with Crippen molar-refractivity contribution >= 4 is 10.0 Å². The van der Waals surface area contributed by atoms with Crippen LogP contribution in [0, 0.1) is 25.2 Å². The quantitative estimate of drug-likeness (QED) is 0.808. The zero-order valence-electron chi connectivity index (χ0n) is 11.7. The molecule has 1 fully saturated rings. The third-order valence-corrected chi connectivity index (χ3v) is 5.41. The van der Waals surface area contributed by atoms with Crippen molar-refractivity contribution in [2.24, 2.45) is 11.7 Å². The van der Waals surface area contributed by atoms with Crippen LogP contribution >= 0.6 is 0 Å². The molecule has 1 aliphatic rings. The highest BCUT2D eigenvalue weighted by atomic mass is 32.2. The van der Waals surface area contributed by atoms with Crippen LogP contribution in [0.3, 0.4) is 0 Å². The van der Waals surface area contributed by atoms with Gasteiger partial charge in [0.2, 0.25) is 10.0 Å². The summed E-state index contributed by atoms with van der Waals surface area (Å²) in [6.45, 7) is 2.87. The van der Waals surface area contributed by atoms with Crippen LogP contribution in [0.15, 0.2) is 23.1 Å². The molecule has 1 aliphatic carbocycles. The van der Waals surface area contributed by atoms with E-state index in [-0.39, 0.29) is 11.4 Å². The topological polar surface area (TPSA) is 63.4 Å². The monoisotopic (exact) mass is 292 g/mol. The molecule has 5 heteroatoms. The van der Waals surface area contributed by atoms with Crippen molar-refractivity contribution in [3.05, 3.63) is 29.3 Å². The zero-order chi connectivity index (χ0) is 14.8. The van der Waals surface area contributed by atoms with Gasteiger partial charge in [0.15, 0.2) is 0 Å². The highest BCUT2D eigenvalue weighted by Gasteiger charge is 2.31. The minimum absolute atomic E-state index is 0.116. The minimum Gasteiger partial charge on any atom is -0.326 e. The van der Waals surface area contributed by atoms with Crippen molar-refractivity contribution in [1.82, 2.24) is 4.31 Å². The highest BCUT2D eigenvalue weighted by Crippen LogP contribution is 2.31. The fourth-order valence-electron chi connectivity index (χ4n) is 2.12. The van der Waals surface area contributed by atoms with E-state index in [4.69, 9.17) is 12.2 Å². The van der Waals surface area contributed by atoms with Crippen molar-refractivity contribution in [3.63, 3.8) is 0 Å². The largest absolute Gasteiger partial charge is 0.326 e. The summed E-state index contributed by atoms with van der Waals surface area (Å²) in [7, 11) is -3.53. The second-order valence-electron chi connectivity index (χ2n) is 5.24. The first-order valence-electron chi connectivity index (χ1n) is 6.72. The molecule has 0 bridgehead atoms. The normalized spacial score (nSPS) is 15.3. The number of sulfonamides is 1. The Morgan fingerprint density at radius 3 is 2.70 bits per heavy atom. The molecule has 1 saturated carbocycles. The van der Waals surface area contributed by atoms with E-state index in [1.54, 1.807) is 18.2 Å². The van der Waals surface area contributed by atoms with Gasteiger partial charge >= 0.3 is 0 Å². The molecule has 1 aromatic carbocycles. The third-order valence-electron chi connectivity index (χ3n) is 3.60. The highest BCUT2D eigenvalue weighted by molar-refractivity contribution is 7.89. The fraction of sp³-hybridized carbons (Fsp3) is 0.467. The summed E-state index contributed by atoms with van der Waals surface area (Å²) in [5, 5.41) is 0. The molecule has 108 valence electrons. The van der Waals surface area contributed by atoms with Gasteiger partial charge in [0.25, 0.3) is 0 Å². The summed E-state index contributed by atoms with van der Waals surface area (Å²) in [4.78, 5) is 0.277. The smallest absolute Gasteiger partial charge is 0.243 e. The van der Waals surface area contributed by atoms with Gasteiger partial charge in [-0.2, -0.15) is 4.31 Å². The Hall–Kier alpha value is -1.35. The van der Waals surface area contributed by atoms with Crippen LogP contribution < -0.4 is 5.73 Å². The molecule has 0 saturated heterocycles. The lowest BCUT2D eigenvalue weighted by Crippen LogP contribution is -2.33. The van der Waals surface area contributed by atoms with Crippen LogP contribution in [0.25, 0.3) is 0 Å². The van der Waals surface area contributed by atoms with Crippen LogP contribution in [0.4, 0.5) is 0 Å². The third kappa shape index (κ3) is 3.21. The summed E-state index contributed by atoms with van der Waals surface area (Å²) in [6.07, 6.45) is 7.47. The second-order valence-corrected chi connectivity index (χ2v) is 7.18. The number of nitrogens with zero attached hydrogens (tertiary/aromatic N) is 1. The standard InChI is InChI=1S/C15H20N2O2S/c1-3-8-17(11-13-5-6-13)20(18,19)15-7-4-12(2)14(9-15)10-16/h1,4,7,9,13H,5-6,8,10-11,16H2,2H3. The van der Waals surface area contributed by atoms with E-state index >= 15 is 0 Å². The molecule has 2 rings (SSSR count). The molecule has 0 unspecified atom stereocenters. The molecule has 20 heavy (non-hydrogen) atoms. The average Bonchev–Trinajstić information content (AvgIpc) is 3.22. The predicted octanol–water partition coefficient (Wildman–Crippen LogP) is 1.49. The number of hydrogen-bond acceptors (Lipinski definition) is 3. The van der Waals surface area contributed by atoms with Gasteiger partial charge in [0, 0.05) is 13.1 Å². The number of nitrogens with two attached hydrogens (primary N) is 1. The summed E-state index contributed by atoms with van der Waals surface area (Å²) >= 11 is 0. The lowest BCUT2D eigenvalue weighted by Gasteiger charge is -2.20. The molecule has 0 spiro atoms. The van der Waals surface area contributed by atoms with Gasteiger partial charge in [-0.05, 0) is 48.9 Å². The second kappa shape index (κ2) is 5.96. The van der Waals surface area contributed by atoms with E-state index in [1.807, 2.05) is 6.92 Å². The predicted molar refractivity (Wildman–Crippen MR) is 79.4 cm³/mol. The summed E-state index contributed by atoms with van der Waals surface area (Å²) in [5.41, 5.74) is 7.49.